The lowest BCUT2D eigenvalue weighted by Gasteiger charge is -2.32. The van der Waals surface area contributed by atoms with Crippen molar-refractivity contribution >= 4 is 11.9 Å². The predicted molar refractivity (Wildman–Crippen MR) is 69.9 cm³/mol. The van der Waals surface area contributed by atoms with E-state index in [2.05, 4.69) is 0 Å². The third kappa shape index (κ3) is 1.47. The molecule has 0 radical (unpaired) electrons. The number of carboxylic acid groups (broad SMARTS) is 1. The van der Waals surface area contributed by atoms with Gasteiger partial charge in [-0.05, 0) is 12.8 Å². The van der Waals surface area contributed by atoms with Gasteiger partial charge in [-0.1, -0.05) is 31.4 Å². The minimum Gasteiger partial charge on any atom is -0.481 e. The van der Waals surface area contributed by atoms with Crippen LogP contribution in [0, 0.1) is 11.8 Å². The van der Waals surface area contributed by atoms with Gasteiger partial charge in [-0.25, -0.2) is 0 Å². The number of hydrogen-bond donors (Lipinski definition) is 1. The molecule has 3 fully saturated rings. The smallest absolute Gasteiger partial charge is 0.310 e. The van der Waals surface area contributed by atoms with E-state index >= 15 is 0 Å². The van der Waals surface area contributed by atoms with Crippen LogP contribution in [0.4, 0.5) is 0 Å². The summed E-state index contributed by atoms with van der Waals surface area (Å²) >= 11 is 0. The molecule has 5 heteroatoms. The fourth-order valence-electron chi connectivity index (χ4n) is 4.51. The molecule has 3 heterocycles. The molecule has 1 saturated carbocycles. The molecule has 1 spiro atoms. The van der Waals surface area contributed by atoms with E-state index in [-0.39, 0.29) is 11.9 Å². The Balaban J connectivity index is 1.65. The zero-order chi connectivity index (χ0) is 13.9. The number of carboxylic acids is 1. The third-order valence-electron chi connectivity index (χ3n) is 5.43. The van der Waals surface area contributed by atoms with Gasteiger partial charge in [0.1, 0.15) is 11.5 Å². The maximum Gasteiger partial charge on any atom is 0.310 e. The zero-order valence-electron chi connectivity index (χ0n) is 11.3. The molecular formula is C15H19NO4. The van der Waals surface area contributed by atoms with E-state index in [1.54, 1.807) is 0 Å². The van der Waals surface area contributed by atoms with Crippen LogP contribution in [0.2, 0.25) is 0 Å². The Morgan fingerprint density at radius 2 is 2.10 bits per heavy atom. The molecule has 4 atom stereocenters. The molecule has 20 heavy (non-hydrogen) atoms. The Morgan fingerprint density at radius 3 is 2.80 bits per heavy atom. The minimum atomic E-state index is -0.912. The Kier molecular flexibility index (Phi) is 2.52. The first-order valence-electron chi connectivity index (χ1n) is 7.53. The molecule has 5 nitrogen and oxygen atoms in total. The average molecular weight is 277 g/mol. The lowest BCUT2D eigenvalue weighted by atomic mass is 9.77. The molecule has 1 N–H and O–H groups in total. The summed E-state index contributed by atoms with van der Waals surface area (Å²) in [6.45, 7) is 0.540. The van der Waals surface area contributed by atoms with Gasteiger partial charge in [0.15, 0.2) is 0 Å². The maximum absolute atomic E-state index is 12.7. The third-order valence-corrected chi connectivity index (χ3v) is 5.43. The number of carbonyl (C=O) groups is 2. The summed E-state index contributed by atoms with van der Waals surface area (Å²) in [5.74, 6) is -2.14. The van der Waals surface area contributed by atoms with E-state index in [0.29, 0.717) is 6.54 Å². The van der Waals surface area contributed by atoms with Crippen molar-refractivity contribution in [2.75, 3.05) is 6.54 Å². The number of likely N-dealkylation sites (tertiary alicyclic amines) is 1. The summed E-state index contributed by atoms with van der Waals surface area (Å²) in [6.07, 6.45) is 8.98. The van der Waals surface area contributed by atoms with Crippen molar-refractivity contribution in [3.63, 3.8) is 0 Å². The summed E-state index contributed by atoms with van der Waals surface area (Å²) in [6, 6.07) is 0.279. The van der Waals surface area contributed by atoms with Gasteiger partial charge in [0.25, 0.3) is 0 Å². The molecule has 0 unspecified atom stereocenters. The van der Waals surface area contributed by atoms with Crippen LogP contribution in [-0.4, -0.2) is 46.2 Å². The van der Waals surface area contributed by atoms with Gasteiger partial charge in [0.2, 0.25) is 5.91 Å². The van der Waals surface area contributed by atoms with Crippen LogP contribution in [0.3, 0.4) is 0 Å². The average Bonchev–Trinajstić information content (AvgIpc) is 3.08. The predicted octanol–water partition coefficient (Wildman–Crippen LogP) is 1.19. The number of carbonyl (C=O) groups excluding carboxylic acids is 1. The molecule has 0 aromatic carbocycles. The number of nitrogens with zero attached hydrogens (tertiary/aromatic N) is 1. The molecule has 0 aromatic rings. The number of amides is 1. The van der Waals surface area contributed by atoms with Crippen molar-refractivity contribution in [2.45, 2.75) is 49.9 Å². The molecule has 1 aliphatic carbocycles. The largest absolute Gasteiger partial charge is 0.481 e. The quantitative estimate of drug-likeness (QED) is 0.770. The van der Waals surface area contributed by atoms with E-state index in [1.165, 1.54) is 6.42 Å². The Labute approximate surface area is 117 Å². The molecule has 4 rings (SSSR count). The summed E-state index contributed by atoms with van der Waals surface area (Å²) in [7, 11) is 0. The van der Waals surface area contributed by atoms with Gasteiger partial charge >= 0.3 is 5.97 Å². The highest BCUT2D eigenvalue weighted by atomic mass is 16.5. The van der Waals surface area contributed by atoms with E-state index in [0.717, 1.165) is 25.7 Å². The Morgan fingerprint density at radius 1 is 1.35 bits per heavy atom. The summed E-state index contributed by atoms with van der Waals surface area (Å²) < 4.78 is 5.89. The first kappa shape index (κ1) is 12.4. The lowest BCUT2D eigenvalue weighted by molar-refractivity contribution is -0.148. The van der Waals surface area contributed by atoms with Gasteiger partial charge in [0, 0.05) is 6.04 Å². The number of ether oxygens (including phenoxy) is 1. The van der Waals surface area contributed by atoms with Crippen LogP contribution in [-0.2, 0) is 14.3 Å². The SMILES string of the molecule is O=C(O)[C@H]1[C@@H]2C=C[C@@]3(CN(C4CCCCC4)C(=O)[C@@H]13)O2. The first-order valence-corrected chi connectivity index (χ1v) is 7.53. The molecule has 4 aliphatic rings. The summed E-state index contributed by atoms with van der Waals surface area (Å²) in [4.78, 5) is 26.1. The van der Waals surface area contributed by atoms with Crippen molar-refractivity contribution in [1.82, 2.24) is 4.90 Å². The second kappa shape index (κ2) is 4.07. The van der Waals surface area contributed by atoms with E-state index < -0.39 is 29.5 Å². The molecule has 0 aromatic heterocycles. The van der Waals surface area contributed by atoms with Crippen molar-refractivity contribution in [3.8, 4) is 0 Å². The lowest BCUT2D eigenvalue weighted by Crippen LogP contribution is -2.42. The first-order chi connectivity index (χ1) is 9.62. The number of rotatable bonds is 2. The van der Waals surface area contributed by atoms with Crippen LogP contribution >= 0.6 is 0 Å². The molecular weight excluding hydrogens is 258 g/mol. The Bertz CT molecular complexity index is 496. The van der Waals surface area contributed by atoms with Crippen molar-refractivity contribution in [1.29, 1.82) is 0 Å². The number of hydrogen-bond acceptors (Lipinski definition) is 3. The van der Waals surface area contributed by atoms with Gasteiger partial charge in [-0.3, -0.25) is 9.59 Å². The van der Waals surface area contributed by atoms with Gasteiger partial charge in [-0.2, -0.15) is 0 Å². The second-order valence-electron chi connectivity index (χ2n) is 6.50. The highest BCUT2D eigenvalue weighted by molar-refractivity contribution is 5.91. The van der Waals surface area contributed by atoms with Gasteiger partial charge in [0.05, 0.1) is 18.6 Å². The zero-order valence-corrected chi connectivity index (χ0v) is 11.3. The summed E-state index contributed by atoms with van der Waals surface area (Å²) in [5.41, 5.74) is -0.664. The van der Waals surface area contributed by atoms with Gasteiger partial charge < -0.3 is 14.7 Å². The van der Waals surface area contributed by atoms with Gasteiger partial charge in [-0.15, -0.1) is 0 Å². The second-order valence-corrected chi connectivity index (χ2v) is 6.50. The van der Waals surface area contributed by atoms with Crippen molar-refractivity contribution in [2.24, 2.45) is 11.8 Å². The summed E-state index contributed by atoms with van der Waals surface area (Å²) in [5, 5.41) is 9.41. The molecule has 2 saturated heterocycles. The highest BCUT2D eigenvalue weighted by Gasteiger charge is 2.67. The molecule has 1 amide bonds. The Hall–Kier alpha value is -1.36. The van der Waals surface area contributed by atoms with Crippen molar-refractivity contribution in [3.05, 3.63) is 12.2 Å². The number of aliphatic carboxylic acids is 1. The number of fused-ring (bicyclic) bond motifs is 1. The maximum atomic E-state index is 12.7. The van der Waals surface area contributed by atoms with Crippen LogP contribution < -0.4 is 0 Å². The van der Waals surface area contributed by atoms with Crippen LogP contribution in [0.5, 0.6) is 0 Å². The normalized spacial score (nSPS) is 43.3. The van der Waals surface area contributed by atoms with Crippen LogP contribution in [0.15, 0.2) is 12.2 Å². The van der Waals surface area contributed by atoms with Crippen molar-refractivity contribution < 1.29 is 19.4 Å². The minimum absolute atomic E-state index is 0.00356. The highest BCUT2D eigenvalue weighted by Crippen LogP contribution is 2.52. The fraction of sp³-hybridized carbons (Fsp3) is 0.733. The van der Waals surface area contributed by atoms with Crippen LogP contribution in [0.1, 0.15) is 32.1 Å². The van der Waals surface area contributed by atoms with E-state index in [4.69, 9.17) is 4.74 Å². The standard InChI is InChI=1S/C15H19NO4/c17-13-12-11(14(18)19)10-6-7-15(12,20-10)8-16(13)9-4-2-1-3-5-9/h6-7,9-12H,1-5,8H2,(H,18,19)/t10-,11-,12+,15-/m0/s1. The molecule has 2 bridgehead atoms. The van der Waals surface area contributed by atoms with E-state index in [9.17, 15) is 14.7 Å². The topological polar surface area (TPSA) is 66.8 Å². The molecule has 108 valence electrons. The fourth-order valence-corrected chi connectivity index (χ4v) is 4.51. The van der Waals surface area contributed by atoms with Crippen LogP contribution in [0.25, 0.3) is 0 Å². The van der Waals surface area contributed by atoms with E-state index in [1.807, 2.05) is 17.1 Å². The monoisotopic (exact) mass is 277 g/mol. The molecule has 3 aliphatic heterocycles.